The second kappa shape index (κ2) is 12.6. The number of rotatable bonds is 6. The number of carbonyl (C=O) groups excluding carboxylic acids is 1. The highest BCUT2D eigenvalue weighted by molar-refractivity contribution is 6.32. The van der Waals surface area contributed by atoms with Crippen molar-refractivity contribution in [1.82, 2.24) is 15.1 Å². The summed E-state index contributed by atoms with van der Waals surface area (Å²) in [5.74, 6) is 5.34. The number of hydrogen-bond donors (Lipinski definition) is 2. The Kier molecular flexibility index (Phi) is 9.04. The first-order chi connectivity index (χ1) is 20.0. The Hall–Kier alpha value is -3.23. The maximum absolute atomic E-state index is 14.0. The van der Waals surface area contributed by atoms with Gasteiger partial charge in [0.25, 0.3) is 5.91 Å². The molecule has 1 amide bonds. The molecule has 5 rings (SSSR count). The van der Waals surface area contributed by atoms with Crippen LogP contribution in [0.2, 0.25) is 5.02 Å². The number of nitrogens with zero attached hydrogens (tertiary/aromatic N) is 4. The van der Waals surface area contributed by atoms with Crippen LogP contribution < -0.4 is 10.6 Å². The van der Waals surface area contributed by atoms with Gasteiger partial charge in [0.1, 0.15) is 11.4 Å². The van der Waals surface area contributed by atoms with Crippen LogP contribution >= 0.6 is 11.6 Å². The van der Waals surface area contributed by atoms with E-state index in [4.69, 9.17) is 11.6 Å². The quantitative estimate of drug-likeness (QED) is 0.383. The Morgan fingerprint density at radius 1 is 1.12 bits per heavy atom. The molecule has 1 atom stereocenters. The van der Waals surface area contributed by atoms with Gasteiger partial charge in [0, 0.05) is 62.0 Å². The van der Waals surface area contributed by atoms with Crippen molar-refractivity contribution in [1.29, 1.82) is 0 Å². The lowest BCUT2D eigenvalue weighted by atomic mass is 9.91. The topological polar surface area (TPSA) is 72.3 Å². The van der Waals surface area contributed by atoms with Gasteiger partial charge in [-0.15, -0.1) is 5.11 Å². The van der Waals surface area contributed by atoms with Gasteiger partial charge >= 0.3 is 6.18 Å². The number of allylic oxidation sites excluding steroid dienone is 1. The molecule has 0 spiro atoms. The summed E-state index contributed by atoms with van der Waals surface area (Å²) in [6, 6.07) is 8.97. The van der Waals surface area contributed by atoms with Crippen molar-refractivity contribution < 1.29 is 18.0 Å². The number of amides is 1. The summed E-state index contributed by atoms with van der Waals surface area (Å²) < 4.78 is 41.9. The molecule has 2 fully saturated rings. The van der Waals surface area contributed by atoms with Crippen molar-refractivity contribution in [3.8, 4) is 11.8 Å². The molecule has 0 bridgehead atoms. The SMILES string of the molecule is CN1CCN(Cc2ccc(NC(=O)c3ccc(Cl)c(C#CC4=CCC(C)(NC5CCC5)N=N4)c3)cc2C(F)(F)F)CC1. The molecule has 222 valence electrons. The smallest absolute Gasteiger partial charge is 0.322 e. The number of alkyl halides is 3. The van der Waals surface area contributed by atoms with Gasteiger partial charge in [-0.3, -0.25) is 15.0 Å². The molecule has 3 aliphatic rings. The zero-order chi connectivity index (χ0) is 29.9. The van der Waals surface area contributed by atoms with Gasteiger partial charge in [-0.05, 0) is 74.7 Å². The first kappa shape index (κ1) is 30.2. The van der Waals surface area contributed by atoms with Gasteiger partial charge < -0.3 is 10.2 Å². The van der Waals surface area contributed by atoms with Gasteiger partial charge in [0.2, 0.25) is 0 Å². The van der Waals surface area contributed by atoms with Crippen molar-refractivity contribution in [3.05, 3.63) is 75.4 Å². The average Bonchev–Trinajstić information content (AvgIpc) is 2.93. The van der Waals surface area contributed by atoms with Crippen molar-refractivity contribution in [3.63, 3.8) is 0 Å². The first-order valence-electron chi connectivity index (χ1n) is 14.1. The highest BCUT2D eigenvalue weighted by atomic mass is 35.5. The number of likely N-dealkylation sites (N-methyl/N-ethyl adjacent to an activating group) is 1. The molecule has 42 heavy (non-hydrogen) atoms. The second-order valence-corrected chi connectivity index (χ2v) is 11.8. The Balaban J connectivity index is 1.27. The van der Waals surface area contributed by atoms with E-state index < -0.39 is 23.3 Å². The predicted molar refractivity (Wildman–Crippen MR) is 157 cm³/mol. The summed E-state index contributed by atoms with van der Waals surface area (Å²) in [5.41, 5.74) is 0.169. The van der Waals surface area contributed by atoms with E-state index in [1.54, 1.807) is 0 Å². The van der Waals surface area contributed by atoms with E-state index in [0.29, 0.717) is 41.8 Å². The van der Waals surface area contributed by atoms with Gasteiger partial charge in [-0.25, -0.2) is 0 Å². The number of hydrogen-bond acceptors (Lipinski definition) is 6. The van der Waals surface area contributed by atoms with Crippen molar-refractivity contribution >= 4 is 23.2 Å². The van der Waals surface area contributed by atoms with Crippen molar-refractivity contribution in [2.45, 2.75) is 57.0 Å². The average molecular weight is 599 g/mol. The monoisotopic (exact) mass is 598 g/mol. The largest absolute Gasteiger partial charge is 0.416 e. The van der Waals surface area contributed by atoms with E-state index in [1.807, 2.05) is 24.9 Å². The Morgan fingerprint density at radius 3 is 2.52 bits per heavy atom. The van der Waals surface area contributed by atoms with Gasteiger partial charge in [-0.2, -0.15) is 18.3 Å². The van der Waals surface area contributed by atoms with Crippen LogP contribution in [0.25, 0.3) is 0 Å². The zero-order valence-electron chi connectivity index (χ0n) is 23.7. The third kappa shape index (κ3) is 7.58. The number of halogens is 4. The standard InChI is InChI=1S/C31H34ClF3N6O/c1-30(37-24-4-3-5-24)13-12-25(38-39-30)9-6-21-18-22(8-11-28(21)32)29(42)36-26-10-7-23(27(19-26)31(33,34)35)20-41-16-14-40(2)15-17-41/h7-8,10-12,18-19,24,37H,3-5,13-17,20H2,1-2H3,(H,36,42). The summed E-state index contributed by atoms with van der Waals surface area (Å²) >= 11 is 6.33. The molecule has 0 radical (unpaired) electrons. The van der Waals surface area contributed by atoms with E-state index in [0.717, 1.165) is 32.0 Å². The molecule has 1 saturated heterocycles. The molecule has 11 heteroatoms. The Labute approximate surface area is 249 Å². The number of carbonyl (C=O) groups is 1. The minimum absolute atomic E-state index is 0.0587. The van der Waals surface area contributed by atoms with Gasteiger partial charge in [0.05, 0.1) is 10.6 Å². The summed E-state index contributed by atoms with van der Waals surface area (Å²) in [5, 5.41) is 15.1. The van der Waals surface area contributed by atoms with Crippen LogP contribution in [-0.2, 0) is 12.7 Å². The van der Waals surface area contributed by atoms with E-state index >= 15 is 0 Å². The number of azo groups is 1. The van der Waals surface area contributed by atoms with Crippen molar-refractivity contribution in [2.24, 2.45) is 10.2 Å². The van der Waals surface area contributed by atoms with Crippen molar-refractivity contribution in [2.75, 3.05) is 38.5 Å². The van der Waals surface area contributed by atoms with E-state index in [2.05, 4.69) is 37.6 Å². The van der Waals surface area contributed by atoms with E-state index in [9.17, 15) is 18.0 Å². The van der Waals surface area contributed by atoms with Crippen LogP contribution in [0.4, 0.5) is 18.9 Å². The zero-order valence-corrected chi connectivity index (χ0v) is 24.4. The fourth-order valence-electron chi connectivity index (χ4n) is 5.10. The van der Waals surface area contributed by atoms with Crippen LogP contribution in [0.3, 0.4) is 0 Å². The molecule has 1 aliphatic carbocycles. The predicted octanol–water partition coefficient (Wildman–Crippen LogP) is 6.31. The number of anilines is 1. The molecule has 2 aromatic rings. The molecule has 1 unspecified atom stereocenters. The van der Waals surface area contributed by atoms with Gasteiger partial charge in [-0.1, -0.05) is 30.0 Å². The van der Waals surface area contributed by atoms with Crippen LogP contribution in [0.15, 0.2) is 58.4 Å². The maximum Gasteiger partial charge on any atom is 0.416 e. The maximum atomic E-state index is 14.0. The fraction of sp³-hybridized carbons (Fsp3) is 0.452. The number of benzene rings is 2. The molecule has 7 nitrogen and oxygen atoms in total. The van der Waals surface area contributed by atoms with Crippen LogP contribution in [0.5, 0.6) is 0 Å². The van der Waals surface area contributed by atoms with Crippen LogP contribution in [0.1, 0.15) is 59.7 Å². The lowest BCUT2D eigenvalue weighted by Crippen LogP contribution is -2.49. The molecule has 2 aliphatic heterocycles. The minimum atomic E-state index is -4.55. The van der Waals surface area contributed by atoms with E-state index in [-0.39, 0.29) is 23.4 Å². The lowest BCUT2D eigenvalue weighted by molar-refractivity contribution is -0.138. The molecule has 1 saturated carbocycles. The third-order valence-electron chi connectivity index (χ3n) is 7.91. The van der Waals surface area contributed by atoms with Gasteiger partial charge in [0.15, 0.2) is 0 Å². The number of piperazine rings is 1. The Morgan fingerprint density at radius 2 is 1.88 bits per heavy atom. The second-order valence-electron chi connectivity index (χ2n) is 11.4. The molecular formula is C31H34ClF3N6O. The van der Waals surface area contributed by atoms with E-state index in [1.165, 1.54) is 36.8 Å². The van der Waals surface area contributed by atoms with Crippen LogP contribution in [0, 0.1) is 11.8 Å². The molecule has 0 aromatic heterocycles. The summed E-state index contributed by atoms with van der Waals surface area (Å²) in [4.78, 5) is 17.2. The molecule has 2 aromatic carbocycles. The first-order valence-corrected chi connectivity index (χ1v) is 14.5. The molecular weight excluding hydrogens is 565 g/mol. The Bertz CT molecular complexity index is 1450. The number of nitrogens with one attached hydrogen (secondary N) is 2. The highest BCUT2D eigenvalue weighted by Gasteiger charge is 2.34. The molecule has 2 N–H and O–H groups in total. The summed E-state index contributed by atoms with van der Waals surface area (Å²) in [6.45, 7) is 5.22. The fourth-order valence-corrected chi connectivity index (χ4v) is 5.26. The minimum Gasteiger partial charge on any atom is -0.322 e. The summed E-state index contributed by atoms with van der Waals surface area (Å²) in [6.07, 6.45) is 1.54. The third-order valence-corrected chi connectivity index (χ3v) is 8.24. The highest BCUT2D eigenvalue weighted by Crippen LogP contribution is 2.35. The lowest BCUT2D eigenvalue weighted by Gasteiger charge is -2.35. The normalized spacial score (nSPS) is 21.7. The molecule has 2 heterocycles. The van der Waals surface area contributed by atoms with Crippen LogP contribution in [-0.4, -0.2) is 60.6 Å². The summed E-state index contributed by atoms with van der Waals surface area (Å²) in [7, 11) is 2.00.